The number of carboxylic acid groups (broad SMARTS) is 1. The zero-order valence-corrected chi connectivity index (χ0v) is 10.2. The Balaban J connectivity index is 2.15. The van der Waals surface area contributed by atoms with Gasteiger partial charge in [0.25, 0.3) is 0 Å². The number of nitrogens with two attached hydrogens (primary N) is 1. The van der Waals surface area contributed by atoms with Gasteiger partial charge in [-0.05, 0) is 24.1 Å². The van der Waals surface area contributed by atoms with E-state index >= 15 is 0 Å². The molecule has 2 rings (SSSR count). The number of ether oxygens (including phenoxy) is 1. The highest BCUT2D eigenvalue weighted by atomic mass is 16.6. The average Bonchev–Trinajstić information content (AvgIpc) is 3.06. The molecule has 0 aromatic heterocycles. The van der Waals surface area contributed by atoms with Gasteiger partial charge in [-0.1, -0.05) is 12.1 Å². The monoisotopic (exact) mass is 251 g/mol. The van der Waals surface area contributed by atoms with Gasteiger partial charge in [-0.15, -0.1) is 0 Å². The molecule has 5 heteroatoms. The minimum atomic E-state index is -1.30. The van der Waals surface area contributed by atoms with E-state index in [4.69, 9.17) is 15.6 Å². The SMILES string of the molecule is C[C@](N)(Cc1ccc(O)c(CC2CO2)c1)C(=O)O. The largest absolute Gasteiger partial charge is 0.508 e. The summed E-state index contributed by atoms with van der Waals surface area (Å²) < 4.78 is 5.12. The second-order valence-electron chi connectivity index (χ2n) is 5.02. The van der Waals surface area contributed by atoms with Crippen molar-refractivity contribution in [1.29, 1.82) is 0 Å². The Morgan fingerprint density at radius 3 is 2.83 bits per heavy atom. The number of phenols is 1. The van der Waals surface area contributed by atoms with Crippen LogP contribution in [0.3, 0.4) is 0 Å². The third-order valence-corrected chi connectivity index (χ3v) is 3.05. The molecule has 1 fully saturated rings. The lowest BCUT2D eigenvalue weighted by molar-refractivity contribution is -0.142. The molecule has 1 aliphatic heterocycles. The summed E-state index contributed by atoms with van der Waals surface area (Å²) in [5, 5.41) is 18.7. The molecule has 0 saturated carbocycles. The standard InChI is InChI=1S/C13H17NO4/c1-13(14,12(16)17)6-8-2-3-11(15)9(4-8)5-10-7-18-10/h2-4,10,15H,5-7,14H2,1H3,(H,16,17)/t10?,13-/m0/s1. The van der Waals surface area contributed by atoms with Crippen molar-refractivity contribution in [3.8, 4) is 5.75 Å². The first-order valence-corrected chi connectivity index (χ1v) is 5.83. The number of phenolic OH excluding ortho intramolecular Hbond substituents is 1. The maximum absolute atomic E-state index is 11.0. The smallest absolute Gasteiger partial charge is 0.323 e. The molecule has 18 heavy (non-hydrogen) atoms. The van der Waals surface area contributed by atoms with Gasteiger partial charge in [0.05, 0.1) is 12.7 Å². The number of benzene rings is 1. The minimum absolute atomic E-state index is 0.176. The van der Waals surface area contributed by atoms with Crippen LogP contribution in [0.4, 0.5) is 0 Å². The molecule has 4 N–H and O–H groups in total. The molecule has 0 amide bonds. The van der Waals surface area contributed by atoms with E-state index in [2.05, 4.69) is 0 Å². The molecule has 1 aromatic carbocycles. The topological polar surface area (TPSA) is 96.1 Å². The van der Waals surface area contributed by atoms with E-state index in [-0.39, 0.29) is 18.3 Å². The third kappa shape index (κ3) is 3.00. The van der Waals surface area contributed by atoms with Gasteiger partial charge in [-0.3, -0.25) is 4.79 Å². The summed E-state index contributed by atoms with van der Waals surface area (Å²) in [6, 6.07) is 5.07. The summed E-state index contributed by atoms with van der Waals surface area (Å²) in [7, 11) is 0. The van der Waals surface area contributed by atoms with E-state index in [0.717, 1.165) is 11.1 Å². The van der Waals surface area contributed by atoms with Crippen LogP contribution < -0.4 is 5.73 Å². The van der Waals surface area contributed by atoms with E-state index in [0.29, 0.717) is 13.0 Å². The summed E-state index contributed by atoms with van der Waals surface area (Å²) in [6.45, 7) is 2.19. The second kappa shape index (κ2) is 4.59. The fraction of sp³-hybridized carbons (Fsp3) is 0.462. The maximum Gasteiger partial charge on any atom is 0.323 e. The lowest BCUT2D eigenvalue weighted by Gasteiger charge is -2.19. The van der Waals surface area contributed by atoms with Gasteiger partial charge in [-0.25, -0.2) is 0 Å². The molecule has 1 unspecified atom stereocenters. The molecule has 5 nitrogen and oxygen atoms in total. The zero-order valence-electron chi connectivity index (χ0n) is 10.2. The van der Waals surface area contributed by atoms with Crippen LogP contribution >= 0.6 is 0 Å². The van der Waals surface area contributed by atoms with Crippen molar-refractivity contribution in [2.45, 2.75) is 31.4 Å². The molecular formula is C13H17NO4. The van der Waals surface area contributed by atoms with E-state index in [1.807, 2.05) is 0 Å². The predicted molar refractivity (Wildman–Crippen MR) is 65.5 cm³/mol. The van der Waals surface area contributed by atoms with Crippen molar-refractivity contribution in [2.75, 3.05) is 6.61 Å². The van der Waals surface area contributed by atoms with Crippen LogP contribution in [0.1, 0.15) is 18.1 Å². The van der Waals surface area contributed by atoms with E-state index < -0.39 is 11.5 Å². The number of rotatable bonds is 5. The second-order valence-corrected chi connectivity index (χ2v) is 5.02. The molecular weight excluding hydrogens is 234 g/mol. The highest BCUT2D eigenvalue weighted by Gasteiger charge is 2.29. The first-order valence-electron chi connectivity index (χ1n) is 5.83. The van der Waals surface area contributed by atoms with Crippen LogP contribution in [0.25, 0.3) is 0 Å². The number of hydrogen-bond acceptors (Lipinski definition) is 4. The minimum Gasteiger partial charge on any atom is -0.508 e. The number of carboxylic acids is 1. The highest BCUT2D eigenvalue weighted by Crippen LogP contribution is 2.25. The Hall–Kier alpha value is -1.59. The van der Waals surface area contributed by atoms with Gasteiger partial charge in [-0.2, -0.15) is 0 Å². The number of aromatic hydroxyl groups is 1. The van der Waals surface area contributed by atoms with Crippen molar-refractivity contribution in [3.05, 3.63) is 29.3 Å². The van der Waals surface area contributed by atoms with Gasteiger partial charge in [0.1, 0.15) is 11.3 Å². The first-order chi connectivity index (χ1) is 8.38. The van der Waals surface area contributed by atoms with Crippen LogP contribution in [0.15, 0.2) is 18.2 Å². The Labute approximate surface area is 105 Å². The number of hydrogen-bond donors (Lipinski definition) is 3. The molecule has 0 bridgehead atoms. The lowest BCUT2D eigenvalue weighted by Crippen LogP contribution is -2.46. The Morgan fingerprint density at radius 1 is 1.61 bits per heavy atom. The van der Waals surface area contributed by atoms with Gasteiger partial charge in [0, 0.05) is 12.8 Å². The van der Waals surface area contributed by atoms with Gasteiger partial charge in [0.15, 0.2) is 0 Å². The molecule has 0 aliphatic carbocycles. The van der Waals surface area contributed by atoms with E-state index in [1.54, 1.807) is 18.2 Å². The molecule has 2 atom stereocenters. The summed E-state index contributed by atoms with van der Waals surface area (Å²) >= 11 is 0. The van der Waals surface area contributed by atoms with Gasteiger partial charge < -0.3 is 20.7 Å². The van der Waals surface area contributed by atoms with Gasteiger partial charge in [0.2, 0.25) is 0 Å². The molecule has 0 radical (unpaired) electrons. The summed E-state index contributed by atoms with van der Waals surface area (Å²) in [5.41, 5.74) is 5.98. The van der Waals surface area contributed by atoms with Crippen molar-refractivity contribution in [3.63, 3.8) is 0 Å². The Bertz CT molecular complexity index is 466. The highest BCUT2D eigenvalue weighted by molar-refractivity contribution is 5.78. The third-order valence-electron chi connectivity index (χ3n) is 3.05. The molecule has 1 aromatic rings. The Kier molecular flexibility index (Phi) is 3.28. The van der Waals surface area contributed by atoms with Crippen molar-refractivity contribution in [2.24, 2.45) is 5.73 Å². The normalized spacial score (nSPS) is 21.3. The van der Waals surface area contributed by atoms with Crippen LogP contribution in [-0.4, -0.2) is 34.4 Å². The predicted octanol–water partition coefficient (Wildman–Crippen LogP) is 0.678. The summed E-state index contributed by atoms with van der Waals surface area (Å²) in [6.07, 6.45) is 1.05. The quantitative estimate of drug-likeness (QED) is 0.669. The molecule has 1 saturated heterocycles. The zero-order chi connectivity index (χ0) is 13.3. The fourth-order valence-corrected chi connectivity index (χ4v) is 1.84. The lowest BCUT2D eigenvalue weighted by atomic mass is 9.92. The van der Waals surface area contributed by atoms with Crippen LogP contribution in [0.5, 0.6) is 5.75 Å². The molecule has 1 heterocycles. The van der Waals surface area contributed by atoms with Crippen LogP contribution in [-0.2, 0) is 22.4 Å². The maximum atomic E-state index is 11.0. The van der Waals surface area contributed by atoms with Crippen molar-refractivity contribution < 1.29 is 19.7 Å². The number of carbonyl (C=O) groups is 1. The molecule has 98 valence electrons. The Morgan fingerprint density at radius 2 is 2.28 bits per heavy atom. The van der Waals surface area contributed by atoms with Crippen molar-refractivity contribution >= 4 is 5.97 Å². The number of epoxide rings is 1. The summed E-state index contributed by atoms with van der Waals surface area (Å²) in [5.74, 6) is -0.828. The first kappa shape index (κ1) is 12.9. The number of aliphatic carboxylic acids is 1. The van der Waals surface area contributed by atoms with E-state index in [9.17, 15) is 9.90 Å². The van der Waals surface area contributed by atoms with Crippen LogP contribution in [0.2, 0.25) is 0 Å². The summed E-state index contributed by atoms with van der Waals surface area (Å²) in [4.78, 5) is 11.0. The van der Waals surface area contributed by atoms with Gasteiger partial charge >= 0.3 is 5.97 Å². The fourth-order valence-electron chi connectivity index (χ4n) is 1.84. The molecule has 1 aliphatic rings. The van der Waals surface area contributed by atoms with Crippen LogP contribution in [0, 0.1) is 0 Å². The average molecular weight is 251 g/mol. The molecule has 0 spiro atoms. The van der Waals surface area contributed by atoms with E-state index in [1.165, 1.54) is 6.92 Å². The van der Waals surface area contributed by atoms with Crippen molar-refractivity contribution in [1.82, 2.24) is 0 Å².